The van der Waals surface area contributed by atoms with Crippen LogP contribution in [0.5, 0.6) is 0 Å². The zero-order valence-corrected chi connectivity index (χ0v) is 10.9. The topological polar surface area (TPSA) is 33.5 Å². The summed E-state index contributed by atoms with van der Waals surface area (Å²) in [5.74, 6) is 1.09. The van der Waals surface area contributed by atoms with E-state index in [9.17, 15) is 4.79 Å². The second kappa shape index (κ2) is 5.08. The Labute approximate surface area is 107 Å². The Bertz CT molecular complexity index is 540. The predicted octanol–water partition coefficient (Wildman–Crippen LogP) is 3.43. The molecule has 0 aliphatic rings. The number of hydrogen-bond acceptors (Lipinski definition) is 2. The van der Waals surface area contributed by atoms with Gasteiger partial charge in [-0.15, -0.1) is 0 Å². The van der Waals surface area contributed by atoms with Gasteiger partial charge in [-0.05, 0) is 31.2 Å². The molecule has 1 aromatic carbocycles. The van der Waals surface area contributed by atoms with Crippen molar-refractivity contribution in [3.05, 3.63) is 53.5 Å². The number of nitrogens with zero attached hydrogens (tertiary/aromatic N) is 1. The standard InChI is InChI=1S/C15H17NO2/c1-4-13-9-10-14(18-13)15(17)16(3)12-7-5-11(2)6-8-12/h5-10H,4H2,1-3H3. The van der Waals surface area contributed by atoms with Crippen molar-refractivity contribution in [2.24, 2.45) is 0 Å². The van der Waals surface area contributed by atoms with Crippen LogP contribution in [0.3, 0.4) is 0 Å². The van der Waals surface area contributed by atoms with E-state index in [1.165, 1.54) is 5.56 Å². The van der Waals surface area contributed by atoms with Crippen LogP contribution >= 0.6 is 0 Å². The van der Waals surface area contributed by atoms with Crippen LogP contribution in [0.4, 0.5) is 5.69 Å². The molecule has 0 fully saturated rings. The van der Waals surface area contributed by atoms with Crippen molar-refractivity contribution in [2.45, 2.75) is 20.3 Å². The molecular formula is C15H17NO2. The number of anilines is 1. The maximum absolute atomic E-state index is 12.2. The largest absolute Gasteiger partial charge is 0.456 e. The number of carbonyl (C=O) groups is 1. The number of amides is 1. The lowest BCUT2D eigenvalue weighted by atomic mass is 10.2. The van der Waals surface area contributed by atoms with E-state index in [0.29, 0.717) is 5.76 Å². The molecule has 18 heavy (non-hydrogen) atoms. The van der Waals surface area contributed by atoms with Gasteiger partial charge in [0.15, 0.2) is 5.76 Å². The molecule has 1 aromatic heterocycles. The zero-order chi connectivity index (χ0) is 13.1. The summed E-state index contributed by atoms with van der Waals surface area (Å²) in [5.41, 5.74) is 2.03. The summed E-state index contributed by atoms with van der Waals surface area (Å²) in [5, 5.41) is 0. The highest BCUT2D eigenvalue weighted by atomic mass is 16.4. The summed E-state index contributed by atoms with van der Waals surface area (Å²) in [7, 11) is 1.75. The number of hydrogen-bond donors (Lipinski definition) is 0. The van der Waals surface area contributed by atoms with Gasteiger partial charge in [0.1, 0.15) is 5.76 Å². The van der Waals surface area contributed by atoms with Gasteiger partial charge in [0, 0.05) is 19.2 Å². The molecule has 0 spiro atoms. The fourth-order valence-electron chi connectivity index (χ4n) is 1.73. The Morgan fingerprint density at radius 1 is 1.17 bits per heavy atom. The molecule has 0 atom stereocenters. The molecule has 2 aromatic rings. The van der Waals surface area contributed by atoms with Crippen LogP contribution in [0.15, 0.2) is 40.8 Å². The van der Waals surface area contributed by atoms with Crippen molar-refractivity contribution in [3.8, 4) is 0 Å². The SMILES string of the molecule is CCc1ccc(C(=O)N(C)c2ccc(C)cc2)o1. The number of carbonyl (C=O) groups excluding carboxylic acids is 1. The highest BCUT2D eigenvalue weighted by Crippen LogP contribution is 2.17. The van der Waals surface area contributed by atoms with E-state index < -0.39 is 0 Å². The van der Waals surface area contributed by atoms with Gasteiger partial charge < -0.3 is 9.32 Å². The Morgan fingerprint density at radius 2 is 1.83 bits per heavy atom. The van der Waals surface area contributed by atoms with Gasteiger partial charge in [-0.25, -0.2) is 0 Å². The highest BCUT2D eigenvalue weighted by Gasteiger charge is 2.16. The molecule has 94 valence electrons. The third-order valence-electron chi connectivity index (χ3n) is 2.95. The van der Waals surface area contributed by atoms with Crippen LogP contribution in [0, 0.1) is 6.92 Å². The maximum atomic E-state index is 12.2. The van der Waals surface area contributed by atoms with E-state index in [0.717, 1.165) is 17.9 Å². The van der Waals surface area contributed by atoms with E-state index in [1.54, 1.807) is 18.0 Å². The first-order chi connectivity index (χ1) is 8.61. The van der Waals surface area contributed by atoms with Gasteiger partial charge in [-0.3, -0.25) is 4.79 Å². The minimum absolute atomic E-state index is 0.126. The monoisotopic (exact) mass is 243 g/mol. The second-order valence-corrected chi connectivity index (χ2v) is 4.32. The van der Waals surface area contributed by atoms with E-state index in [1.807, 2.05) is 44.2 Å². The third kappa shape index (κ3) is 2.45. The molecule has 1 heterocycles. The normalized spacial score (nSPS) is 10.4. The number of furan rings is 1. The second-order valence-electron chi connectivity index (χ2n) is 4.32. The highest BCUT2D eigenvalue weighted by molar-refractivity contribution is 6.03. The van der Waals surface area contributed by atoms with E-state index >= 15 is 0 Å². The molecular weight excluding hydrogens is 226 g/mol. The summed E-state index contributed by atoms with van der Waals surface area (Å²) in [6, 6.07) is 11.4. The summed E-state index contributed by atoms with van der Waals surface area (Å²) in [6.07, 6.45) is 0.793. The summed E-state index contributed by atoms with van der Waals surface area (Å²) in [4.78, 5) is 13.8. The molecule has 0 saturated heterocycles. The first-order valence-corrected chi connectivity index (χ1v) is 6.05. The van der Waals surface area contributed by atoms with Crippen molar-refractivity contribution in [3.63, 3.8) is 0 Å². The Hall–Kier alpha value is -2.03. The van der Waals surface area contributed by atoms with E-state index in [-0.39, 0.29) is 5.91 Å². The van der Waals surface area contributed by atoms with Crippen LogP contribution in [0.1, 0.15) is 28.8 Å². The predicted molar refractivity (Wildman–Crippen MR) is 72.0 cm³/mol. The van der Waals surface area contributed by atoms with E-state index in [2.05, 4.69) is 0 Å². The van der Waals surface area contributed by atoms with Crippen molar-refractivity contribution in [1.29, 1.82) is 0 Å². The molecule has 0 aliphatic heterocycles. The average molecular weight is 243 g/mol. The average Bonchev–Trinajstić information content (AvgIpc) is 2.86. The molecule has 0 saturated carbocycles. The van der Waals surface area contributed by atoms with Gasteiger partial charge in [0.2, 0.25) is 0 Å². The molecule has 3 nitrogen and oxygen atoms in total. The van der Waals surface area contributed by atoms with Crippen molar-refractivity contribution < 1.29 is 9.21 Å². The van der Waals surface area contributed by atoms with Crippen LogP contribution in [0.25, 0.3) is 0 Å². The molecule has 0 N–H and O–H groups in total. The van der Waals surface area contributed by atoms with Crippen LogP contribution in [-0.2, 0) is 6.42 Å². The van der Waals surface area contributed by atoms with Crippen molar-refractivity contribution >= 4 is 11.6 Å². The maximum Gasteiger partial charge on any atom is 0.293 e. The minimum Gasteiger partial charge on any atom is -0.456 e. The van der Waals surface area contributed by atoms with E-state index in [4.69, 9.17) is 4.42 Å². The fourth-order valence-corrected chi connectivity index (χ4v) is 1.73. The fraction of sp³-hybridized carbons (Fsp3) is 0.267. The molecule has 3 heteroatoms. The van der Waals surface area contributed by atoms with Gasteiger partial charge in [-0.1, -0.05) is 24.6 Å². The smallest absolute Gasteiger partial charge is 0.293 e. The first-order valence-electron chi connectivity index (χ1n) is 6.05. The van der Waals surface area contributed by atoms with Crippen LogP contribution in [0.2, 0.25) is 0 Å². The Morgan fingerprint density at radius 3 is 2.39 bits per heavy atom. The van der Waals surface area contributed by atoms with Gasteiger partial charge in [-0.2, -0.15) is 0 Å². The molecule has 2 rings (SSSR count). The van der Waals surface area contributed by atoms with Gasteiger partial charge >= 0.3 is 0 Å². The lowest BCUT2D eigenvalue weighted by molar-refractivity contribution is 0.0965. The minimum atomic E-state index is -0.126. The molecule has 0 unspecified atom stereocenters. The van der Waals surface area contributed by atoms with Crippen LogP contribution in [-0.4, -0.2) is 13.0 Å². The molecule has 0 bridgehead atoms. The number of benzene rings is 1. The lowest BCUT2D eigenvalue weighted by Crippen LogP contribution is -2.25. The van der Waals surface area contributed by atoms with Gasteiger partial charge in [0.05, 0.1) is 0 Å². The summed E-state index contributed by atoms with van der Waals surface area (Å²) >= 11 is 0. The van der Waals surface area contributed by atoms with Crippen LogP contribution < -0.4 is 4.90 Å². The van der Waals surface area contributed by atoms with Crippen molar-refractivity contribution in [1.82, 2.24) is 0 Å². The quantitative estimate of drug-likeness (QED) is 0.827. The molecule has 1 amide bonds. The Kier molecular flexibility index (Phi) is 3.51. The van der Waals surface area contributed by atoms with Gasteiger partial charge in [0.25, 0.3) is 5.91 Å². The zero-order valence-electron chi connectivity index (χ0n) is 10.9. The lowest BCUT2D eigenvalue weighted by Gasteiger charge is -2.15. The summed E-state index contributed by atoms with van der Waals surface area (Å²) in [6.45, 7) is 4.02. The number of aryl methyl sites for hydroxylation is 2. The molecule has 0 radical (unpaired) electrons. The first kappa shape index (κ1) is 12.4. The summed E-state index contributed by atoms with van der Waals surface area (Å²) < 4.78 is 5.47. The number of rotatable bonds is 3. The van der Waals surface area contributed by atoms with Crippen molar-refractivity contribution in [2.75, 3.05) is 11.9 Å². The third-order valence-corrected chi connectivity index (χ3v) is 2.95. The molecule has 0 aliphatic carbocycles. The Balaban J connectivity index is 2.20.